The zero-order valence-corrected chi connectivity index (χ0v) is 14.7. The minimum Gasteiger partial charge on any atom is -0.388 e. The Kier molecular flexibility index (Phi) is 5.34. The molecule has 0 bridgehead atoms. The first-order valence-electron chi connectivity index (χ1n) is 9.16. The van der Waals surface area contributed by atoms with Gasteiger partial charge in [0.1, 0.15) is 0 Å². The van der Waals surface area contributed by atoms with Crippen LogP contribution < -0.4 is 0 Å². The highest BCUT2D eigenvalue weighted by atomic mass is 16.3. The van der Waals surface area contributed by atoms with Gasteiger partial charge >= 0.3 is 0 Å². The second-order valence-corrected chi connectivity index (χ2v) is 7.27. The second-order valence-electron chi connectivity index (χ2n) is 7.27. The number of hydrogen-bond acceptors (Lipinski definition) is 5. The predicted molar refractivity (Wildman–Crippen MR) is 90.2 cm³/mol. The fourth-order valence-electron chi connectivity index (χ4n) is 3.90. The topological polar surface area (TPSA) is 57.4 Å². The zero-order valence-electron chi connectivity index (χ0n) is 14.7. The highest BCUT2D eigenvalue weighted by Gasteiger charge is 2.34. The number of piperidine rings is 2. The van der Waals surface area contributed by atoms with E-state index < -0.39 is 5.60 Å². The van der Waals surface area contributed by atoms with E-state index in [1.807, 2.05) is 11.6 Å². The molecule has 0 spiro atoms. The molecule has 0 aromatic carbocycles. The second kappa shape index (κ2) is 7.28. The molecule has 3 rings (SSSR count). The minimum absolute atomic E-state index is 0.494. The van der Waals surface area contributed by atoms with Crippen molar-refractivity contribution < 1.29 is 5.11 Å². The van der Waals surface area contributed by atoms with Crippen LogP contribution in [-0.4, -0.2) is 68.2 Å². The van der Waals surface area contributed by atoms with Crippen LogP contribution in [0.3, 0.4) is 0 Å². The van der Waals surface area contributed by atoms with E-state index in [4.69, 9.17) is 0 Å². The van der Waals surface area contributed by atoms with Gasteiger partial charge in [-0.15, -0.1) is 5.10 Å². The summed E-state index contributed by atoms with van der Waals surface area (Å²) in [4.78, 5) is 4.89. The molecule has 1 aromatic heterocycles. The van der Waals surface area contributed by atoms with Crippen LogP contribution in [0.5, 0.6) is 0 Å². The number of aliphatic hydroxyl groups is 1. The van der Waals surface area contributed by atoms with Crippen LogP contribution in [0.2, 0.25) is 0 Å². The van der Waals surface area contributed by atoms with Crippen LogP contribution in [-0.2, 0) is 13.1 Å². The summed E-state index contributed by atoms with van der Waals surface area (Å²) in [6, 6.07) is 0. The molecule has 2 aliphatic rings. The Morgan fingerprint density at radius 1 is 1.04 bits per heavy atom. The standard InChI is InChI=1S/C17H31N5O/c1-3-22-16(15(2)18-19-22)13-20-11-7-17(23,8-12-20)14-21-9-5-4-6-10-21/h23H,3-14H2,1-2H3. The fraction of sp³-hybridized carbons (Fsp3) is 0.882. The van der Waals surface area contributed by atoms with E-state index in [1.54, 1.807) is 0 Å². The number of nitrogens with zero attached hydrogens (tertiary/aromatic N) is 5. The molecular weight excluding hydrogens is 290 g/mol. The van der Waals surface area contributed by atoms with Crippen LogP contribution >= 0.6 is 0 Å². The van der Waals surface area contributed by atoms with Crippen molar-refractivity contribution in [2.24, 2.45) is 0 Å². The SMILES string of the molecule is CCn1nnc(C)c1CN1CCC(O)(CN2CCCCC2)CC1. The number of aryl methyl sites for hydroxylation is 2. The van der Waals surface area contributed by atoms with Crippen LogP contribution in [0.25, 0.3) is 0 Å². The molecule has 130 valence electrons. The lowest BCUT2D eigenvalue weighted by atomic mass is 9.90. The van der Waals surface area contributed by atoms with Gasteiger partial charge in [0.2, 0.25) is 0 Å². The van der Waals surface area contributed by atoms with Crippen LogP contribution in [0.15, 0.2) is 0 Å². The molecule has 2 aliphatic heterocycles. The van der Waals surface area contributed by atoms with Crippen molar-refractivity contribution in [3.8, 4) is 0 Å². The molecule has 2 saturated heterocycles. The van der Waals surface area contributed by atoms with Crippen LogP contribution in [0.4, 0.5) is 0 Å². The molecule has 0 atom stereocenters. The summed E-state index contributed by atoms with van der Waals surface area (Å²) in [6.45, 7) is 11.0. The van der Waals surface area contributed by atoms with E-state index in [2.05, 4.69) is 27.0 Å². The highest BCUT2D eigenvalue weighted by Crippen LogP contribution is 2.26. The molecular formula is C17H31N5O. The van der Waals surface area contributed by atoms with Crippen molar-refractivity contribution in [2.45, 2.75) is 64.6 Å². The Labute approximate surface area is 139 Å². The molecule has 23 heavy (non-hydrogen) atoms. The van der Waals surface area contributed by atoms with Crippen molar-refractivity contribution in [1.82, 2.24) is 24.8 Å². The zero-order chi connectivity index (χ0) is 16.3. The Morgan fingerprint density at radius 3 is 2.39 bits per heavy atom. The predicted octanol–water partition coefficient (Wildman–Crippen LogP) is 1.42. The molecule has 0 aliphatic carbocycles. The van der Waals surface area contributed by atoms with Gasteiger partial charge in [0, 0.05) is 32.7 Å². The molecule has 6 nitrogen and oxygen atoms in total. The average Bonchev–Trinajstić information content (AvgIpc) is 2.91. The van der Waals surface area contributed by atoms with E-state index in [-0.39, 0.29) is 0 Å². The Morgan fingerprint density at radius 2 is 1.74 bits per heavy atom. The quantitative estimate of drug-likeness (QED) is 0.889. The van der Waals surface area contributed by atoms with E-state index in [0.717, 1.165) is 64.3 Å². The summed E-state index contributed by atoms with van der Waals surface area (Å²) in [5, 5.41) is 19.3. The van der Waals surface area contributed by atoms with Crippen molar-refractivity contribution in [3.05, 3.63) is 11.4 Å². The van der Waals surface area contributed by atoms with Gasteiger partial charge in [-0.1, -0.05) is 11.6 Å². The van der Waals surface area contributed by atoms with Crippen molar-refractivity contribution in [1.29, 1.82) is 0 Å². The summed E-state index contributed by atoms with van der Waals surface area (Å²) in [6.07, 6.45) is 5.67. The van der Waals surface area contributed by atoms with Gasteiger partial charge in [-0.2, -0.15) is 0 Å². The smallest absolute Gasteiger partial charge is 0.0841 e. The normalized spacial score (nSPS) is 23.3. The number of hydrogen-bond donors (Lipinski definition) is 1. The van der Waals surface area contributed by atoms with Gasteiger partial charge in [0.05, 0.1) is 17.0 Å². The van der Waals surface area contributed by atoms with Crippen molar-refractivity contribution in [2.75, 3.05) is 32.7 Å². The van der Waals surface area contributed by atoms with Gasteiger partial charge in [0.15, 0.2) is 0 Å². The maximum Gasteiger partial charge on any atom is 0.0841 e. The summed E-state index contributed by atoms with van der Waals surface area (Å²) < 4.78 is 1.99. The lowest BCUT2D eigenvalue weighted by molar-refractivity contribution is -0.0498. The van der Waals surface area contributed by atoms with Crippen molar-refractivity contribution in [3.63, 3.8) is 0 Å². The van der Waals surface area contributed by atoms with Crippen LogP contribution in [0.1, 0.15) is 50.4 Å². The first kappa shape index (κ1) is 16.9. The van der Waals surface area contributed by atoms with Gasteiger partial charge in [-0.05, 0) is 52.6 Å². The minimum atomic E-state index is -0.494. The van der Waals surface area contributed by atoms with E-state index in [1.165, 1.54) is 25.0 Å². The summed E-state index contributed by atoms with van der Waals surface area (Å²) >= 11 is 0. The van der Waals surface area contributed by atoms with E-state index in [9.17, 15) is 5.11 Å². The maximum absolute atomic E-state index is 10.9. The molecule has 1 N–H and O–H groups in total. The van der Waals surface area contributed by atoms with Gasteiger partial charge < -0.3 is 10.0 Å². The summed E-state index contributed by atoms with van der Waals surface area (Å²) in [7, 11) is 0. The molecule has 0 radical (unpaired) electrons. The number of likely N-dealkylation sites (tertiary alicyclic amines) is 2. The molecule has 0 amide bonds. The molecule has 2 fully saturated rings. The largest absolute Gasteiger partial charge is 0.388 e. The molecule has 0 saturated carbocycles. The highest BCUT2D eigenvalue weighted by molar-refractivity contribution is 5.08. The van der Waals surface area contributed by atoms with Gasteiger partial charge in [0.25, 0.3) is 0 Å². The lowest BCUT2D eigenvalue weighted by Gasteiger charge is -2.41. The molecule has 6 heteroatoms. The lowest BCUT2D eigenvalue weighted by Crippen LogP contribution is -2.51. The van der Waals surface area contributed by atoms with Crippen LogP contribution in [0, 0.1) is 6.92 Å². The Balaban J connectivity index is 1.52. The van der Waals surface area contributed by atoms with Gasteiger partial charge in [-0.3, -0.25) is 4.90 Å². The fourth-order valence-corrected chi connectivity index (χ4v) is 3.90. The molecule has 0 unspecified atom stereocenters. The third-order valence-corrected chi connectivity index (χ3v) is 5.46. The summed E-state index contributed by atoms with van der Waals surface area (Å²) in [5.74, 6) is 0. The Hall–Kier alpha value is -0.980. The Bertz CT molecular complexity index is 501. The first-order valence-corrected chi connectivity index (χ1v) is 9.16. The average molecular weight is 321 g/mol. The number of aromatic nitrogens is 3. The molecule has 3 heterocycles. The third-order valence-electron chi connectivity index (χ3n) is 5.46. The van der Waals surface area contributed by atoms with E-state index in [0.29, 0.717) is 0 Å². The first-order chi connectivity index (χ1) is 11.1. The number of β-amino-alcohol motifs (C(OH)–C–C–N with tert-alkyl or cyclic N) is 1. The summed E-state index contributed by atoms with van der Waals surface area (Å²) in [5.41, 5.74) is 1.75. The van der Waals surface area contributed by atoms with E-state index >= 15 is 0 Å². The van der Waals surface area contributed by atoms with Crippen molar-refractivity contribution >= 4 is 0 Å². The maximum atomic E-state index is 10.9. The number of rotatable bonds is 5. The third kappa shape index (κ3) is 4.11. The molecule has 1 aromatic rings. The monoisotopic (exact) mass is 321 g/mol. The van der Waals surface area contributed by atoms with Gasteiger partial charge in [-0.25, -0.2) is 4.68 Å².